The lowest BCUT2D eigenvalue weighted by molar-refractivity contribution is -0.192. The van der Waals surface area contributed by atoms with Gasteiger partial charge in [0.15, 0.2) is 11.6 Å². The molecule has 0 aliphatic carbocycles. The molecule has 2 aromatic rings. The van der Waals surface area contributed by atoms with Crippen molar-refractivity contribution < 1.29 is 32.6 Å². The summed E-state index contributed by atoms with van der Waals surface area (Å²) in [6.07, 6.45) is -5.08. The van der Waals surface area contributed by atoms with E-state index in [9.17, 15) is 17.6 Å². The van der Waals surface area contributed by atoms with Crippen molar-refractivity contribution in [3.05, 3.63) is 42.2 Å². The van der Waals surface area contributed by atoms with Crippen LogP contribution in [-0.4, -0.2) is 22.4 Å². The smallest absolute Gasteiger partial charge is 0.490 e. The summed E-state index contributed by atoms with van der Waals surface area (Å²) in [5, 5.41) is 17.4. The average molecular weight is 276 g/mol. The largest absolute Gasteiger partial charge is 0.505 e. The van der Waals surface area contributed by atoms with Crippen molar-refractivity contribution in [3.8, 4) is 5.75 Å². The summed E-state index contributed by atoms with van der Waals surface area (Å²) in [6, 6.07) is 10.1. The number of hydrogen-bond donors (Lipinski definition) is 2. The number of fused-ring (bicyclic) bond motifs is 1. The number of phenols is 1. The molecule has 0 spiro atoms. The van der Waals surface area contributed by atoms with Gasteiger partial charge in [0.05, 0.1) is 0 Å². The molecule has 0 saturated heterocycles. The van der Waals surface area contributed by atoms with E-state index in [0.717, 1.165) is 5.39 Å². The Labute approximate surface area is 104 Å². The molecular formula is C12H8F4O3. The molecule has 0 aromatic heterocycles. The molecule has 0 atom stereocenters. The number of phenolic OH excluding ortho intramolecular Hbond substituents is 1. The molecule has 102 valence electrons. The third kappa shape index (κ3) is 3.84. The van der Waals surface area contributed by atoms with E-state index in [-0.39, 0.29) is 5.75 Å². The Hall–Kier alpha value is -2.31. The first-order valence-electron chi connectivity index (χ1n) is 4.90. The highest BCUT2D eigenvalue weighted by atomic mass is 19.4. The van der Waals surface area contributed by atoms with Gasteiger partial charge in [0.25, 0.3) is 0 Å². The first-order chi connectivity index (χ1) is 8.73. The van der Waals surface area contributed by atoms with Crippen LogP contribution >= 0.6 is 0 Å². The fraction of sp³-hybridized carbons (Fsp3) is 0.0833. The molecule has 0 amide bonds. The summed E-state index contributed by atoms with van der Waals surface area (Å²) in [7, 11) is 0. The number of aromatic hydroxyl groups is 1. The van der Waals surface area contributed by atoms with Crippen molar-refractivity contribution in [2.45, 2.75) is 6.18 Å². The molecule has 0 aliphatic rings. The van der Waals surface area contributed by atoms with Crippen molar-refractivity contribution in [1.29, 1.82) is 0 Å². The highest BCUT2D eigenvalue weighted by Gasteiger charge is 2.38. The van der Waals surface area contributed by atoms with Crippen molar-refractivity contribution in [3.63, 3.8) is 0 Å². The Kier molecular flexibility index (Phi) is 4.31. The van der Waals surface area contributed by atoms with Crippen LogP contribution in [0.15, 0.2) is 36.4 Å². The molecule has 0 heterocycles. The van der Waals surface area contributed by atoms with E-state index >= 15 is 0 Å². The predicted molar refractivity (Wildman–Crippen MR) is 59.3 cm³/mol. The summed E-state index contributed by atoms with van der Waals surface area (Å²) in [4.78, 5) is 8.90. The summed E-state index contributed by atoms with van der Waals surface area (Å²) >= 11 is 0. The molecule has 19 heavy (non-hydrogen) atoms. The standard InChI is InChI=1S/C10H7FO.C2HF3O2/c11-10-8-4-2-1-3-7(8)5-6-9(10)12;3-2(4,5)1(6)7/h1-6,12H;(H,6,7). The molecule has 7 heteroatoms. The van der Waals surface area contributed by atoms with Gasteiger partial charge < -0.3 is 10.2 Å². The van der Waals surface area contributed by atoms with Crippen LogP contribution in [0.25, 0.3) is 10.8 Å². The lowest BCUT2D eigenvalue weighted by atomic mass is 10.1. The zero-order chi connectivity index (χ0) is 14.6. The quantitative estimate of drug-likeness (QED) is 0.726. The van der Waals surface area contributed by atoms with Crippen LogP contribution in [0.3, 0.4) is 0 Å². The minimum atomic E-state index is -5.08. The first kappa shape index (κ1) is 14.7. The van der Waals surface area contributed by atoms with Gasteiger partial charge >= 0.3 is 12.1 Å². The second-order valence-corrected chi connectivity index (χ2v) is 3.42. The SMILES string of the molecule is O=C(O)C(F)(F)F.Oc1ccc2ccccc2c1F. The van der Waals surface area contributed by atoms with E-state index in [4.69, 9.17) is 15.0 Å². The van der Waals surface area contributed by atoms with Crippen LogP contribution in [0, 0.1) is 5.82 Å². The van der Waals surface area contributed by atoms with E-state index in [0.29, 0.717) is 5.39 Å². The third-order valence-corrected chi connectivity index (χ3v) is 2.09. The fourth-order valence-electron chi connectivity index (χ4n) is 1.22. The van der Waals surface area contributed by atoms with E-state index < -0.39 is 18.0 Å². The van der Waals surface area contributed by atoms with Crippen LogP contribution in [0.4, 0.5) is 17.6 Å². The van der Waals surface area contributed by atoms with Gasteiger partial charge in [-0.25, -0.2) is 9.18 Å². The summed E-state index contributed by atoms with van der Waals surface area (Å²) in [5.41, 5.74) is 0. The minimum Gasteiger partial charge on any atom is -0.505 e. The Morgan fingerprint density at radius 2 is 1.58 bits per heavy atom. The number of aliphatic carboxylic acids is 1. The topological polar surface area (TPSA) is 57.5 Å². The van der Waals surface area contributed by atoms with Gasteiger partial charge in [-0.05, 0) is 11.5 Å². The Morgan fingerprint density at radius 1 is 1.05 bits per heavy atom. The van der Waals surface area contributed by atoms with Gasteiger partial charge in [0, 0.05) is 5.39 Å². The molecular weight excluding hydrogens is 268 g/mol. The number of carboxylic acids is 1. The molecule has 3 nitrogen and oxygen atoms in total. The lowest BCUT2D eigenvalue weighted by Gasteiger charge is -1.99. The normalized spacial score (nSPS) is 10.7. The van der Waals surface area contributed by atoms with Crippen molar-refractivity contribution in [2.75, 3.05) is 0 Å². The number of hydrogen-bond acceptors (Lipinski definition) is 2. The van der Waals surface area contributed by atoms with Crippen LogP contribution in [0.2, 0.25) is 0 Å². The van der Waals surface area contributed by atoms with Crippen molar-refractivity contribution in [1.82, 2.24) is 0 Å². The van der Waals surface area contributed by atoms with Crippen LogP contribution in [0.5, 0.6) is 5.75 Å². The third-order valence-electron chi connectivity index (χ3n) is 2.09. The monoisotopic (exact) mass is 276 g/mol. The minimum absolute atomic E-state index is 0.297. The van der Waals surface area contributed by atoms with Gasteiger partial charge in [-0.3, -0.25) is 0 Å². The number of rotatable bonds is 0. The van der Waals surface area contributed by atoms with Gasteiger partial charge in [-0.15, -0.1) is 0 Å². The molecule has 0 saturated carbocycles. The maximum absolute atomic E-state index is 13.1. The maximum atomic E-state index is 13.1. The Balaban J connectivity index is 0.000000224. The fourth-order valence-corrected chi connectivity index (χ4v) is 1.22. The van der Waals surface area contributed by atoms with Crippen LogP contribution in [0.1, 0.15) is 0 Å². The molecule has 2 rings (SSSR count). The Morgan fingerprint density at radius 3 is 2.11 bits per heavy atom. The molecule has 0 unspecified atom stereocenters. The number of carbonyl (C=O) groups is 1. The van der Waals surface area contributed by atoms with Crippen LogP contribution in [-0.2, 0) is 4.79 Å². The highest BCUT2D eigenvalue weighted by Crippen LogP contribution is 2.24. The van der Waals surface area contributed by atoms with Crippen molar-refractivity contribution >= 4 is 16.7 Å². The van der Waals surface area contributed by atoms with E-state index in [1.165, 1.54) is 6.07 Å². The molecule has 0 radical (unpaired) electrons. The predicted octanol–water partition coefficient (Wildman–Crippen LogP) is 3.32. The molecule has 2 aromatic carbocycles. The highest BCUT2D eigenvalue weighted by molar-refractivity contribution is 5.84. The second kappa shape index (κ2) is 5.55. The van der Waals surface area contributed by atoms with Gasteiger partial charge in [0.2, 0.25) is 0 Å². The zero-order valence-corrected chi connectivity index (χ0v) is 9.28. The van der Waals surface area contributed by atoms with E-state index in [1.54, 1.807) is 24.3 Å². The summed E-state index contributed by atoms with van der Waals surface area (Å²) < 4.78 is 44.9. The molecule has 0 aliphatic heterocycles. The molecule has 0 bridgehead atoms. The van der Waals surface area contributed by atoms with Crippen LogP contribution < -0.4 is 0 Å². The van der Waals surface area contributed by atoms with Gasteiger partial charge in [0.1, 0.15) is 0 Å². The summed E-state index contributed by atoms with van der Waals surface area (Å²) in [6.45, 7) is 0. The molecule has 0 fully saturated rings. The maximum Gasteiger partial charge on any atom is 0.490 e. The summed E-state index contributed by atoms with van der Waals surface area (Å²) in [5.74, 6) is -3.60. The second-order valence-electron chi connectivity index (χ2n) is 3.42. The zero-order valence-electron chi connectivity index (χ0n) is 9.28. The number of benzene rings is 2. The number of carboxylic acid groups (broad SMARTS) is 1. The van der Waals surface area contributed by atoms with Gasteiger partial charge in [-0.1, -0.05) is 30.3 Å². The average Bonchev–Trinajstić information content (AvgIpc) is 2.34. The number of halogens is 4. The van der Waals surface area contributed by atoms with E-state index in [2.05, 4.69) is 0 Å². The van der Waals surface area contributed by atoms with E-state index in [1.807, 2.05) is 6.07 Å². The first-order valence-corrected chi connectivity index (χ1v) is 4.90. The number of alkyl halides is 3. The molecule has 2 N–H and O–H groups in total. The lowest BCUT2D eigenvalue weighted by Crippen LogP contribution is -2.21. The van der Waals surface area contributed by atoms with Crippen molar-refractivity contribution in [2.24, 2.45) is 0 Å². The Bertz CT molecular complexity index is 593. The van der Waals surface area contributed by atoms with Gasteiger partial charge in [-0.2, -0.15) is 13.2 Å².